The van der Waals surface area contributed by atoms with Crippen molar-refractivity contribution >= 4 is 5.78 Å². The Morgan fingerprint density at radius 2 is 2.18 bits per heavy atom. The minimum absolute atomic E-state index is 0.300. The lowest BCUT2D eigenvalue weighted by Crippen LogP contribution is -2.32. The topological polar surface area (TPSA) is 17.1 Å². The first-order valence-electron chi connectivity index (χ1n) is 6.85. The standard InChI is InChI=1S/C16H24O/c1-11(2)7-14-5-6-16(10-14)12(3)8-15(17)9-13(16)4/h7-8,11,13H,5-6,9-10H2,1-4H3. The molecule has 0 radical (unpaired) electrons. The number of allylic oxidation sites excluding steroid dienone is 4. The fraction of sp³-hybridized carbons (Fsp3) is 0.688. The van der Waals surface area contributed by atoms with Crippen LogP contribution < -0.4 is 0 Å². The summed E-state index contributed by atoms with van der Waals surface area (Å²) in [5, 5.41) is 0. The van der Waals surface area contributed by atoms with E-state index < -0.39 is 0 Å². The Balaban J connectivity index is 2.27. The summed E-state index contributed by atoms with van der Waals surface area (Å²) < 4.78 is 0. The number of carbonyl (C=O) groups is 1. The van der Waals surface area contributed by atoms with Gasteiger partial charge in [-0.05, 0) is 49.5 Å². The molecule has 2 aliphatic rings. The van der Waals surface area contributed by atoms with Gasteiger partial charge in [0.2, 0.25) is 0 Å². The summed E-state index contributed by atoms with van der Waals surface area (Å²) in [5.41, 5.74) is 3.23. The monoisotopic (exact) mass is 232 g/mol. The Morgan fingerprint density at radius 1 is 1.47 bits per heavy atom. The van der Waals surface area contributed by atoms with E-state index in [0.717, 1.165) is 6.42 Å². The molecule has 0 saturated heterocycles. The lowest BCUT2D eigenvalue weighted by molar-refractivity contribution is -0.117. The maximum atomic E-state index is 11.6. The highest BCUT2D eigenvalue weighted by atomic mass is 16.1. The maximum absolute atomic E-state index is 11.6. The molecule has 1 spiro atoms. The van der Waals surface area contributed by atoms with Crippen LogP contribution in [0.25, 0.3) is 0 Å². The highest BCUT2D eigenvalue weighted by Crippen LogP contribution is 2.54. The quantitative estimate of drug-likeness (QED) is 0.616. The fourth-order valence-corrected chi connectivity index (χ4v) is 3.67. The summed E-state index contributed by atoms with van der Waals surface area (Å²) >= 11 is 0. The molecule has 0 N–H and O–H groups in total. The summed E-state index contributed by atoms with van der Waals surface area (Å²) in [6, 6.07) is 0. The van der Waals surface area contributed by atoms with Gasteiger partial charge in [-0.15, -0.1) is 0 Å². The third kappa shape index (κ3) is 2.25. The minimum atomic E-state index is 0.300. The van der Waals surface area contributed by atoms with Gasteiger partial charge in [-0.25, -0.2) is 0 Å². The summed E-state index contributed by atoms with van der Waals surface area (Å²) in [6.45, 7) is 8.90. The van der Waals surface area contributed by atoms with Crippen LogP contribution in [-0.4, -0.2) is 5.78 Å². The van der Waals surface area contributed by atoms with Crippen molar-refractivity contribution in [1.29, 1.82) is 0 Å². The average Bonchev–Trinajstić information content (AvgIpc) is 2.59. The number of carbonyl (C=O) groups excluding carboxylic acids is 1. The summed E-state index contributed by atoms with van der Waals surface area (Å²) in [6.07, 6.45) is 8.71. The predicted octanol–water partition coefficient (Wildman–Crippen LogP) is 4.29. The van der Waals surface area contributed by atoms with Gasteiger partial charge in [0.1, 0.15) is 0 Å². The van der Waals surface area contributed by atoms with Crippen LogP contribution in [0.15, 0.2) is 23.3 Å². The molecule has 0 amide bonds. The van der Waals surface area contributed by atoms with Gasteiger partial charge in [-0.3, -0.25) is 4.79 Å². The molecule has 2 atom stereocenters. The first-order chi connectivity index (χ1) is 7.94. The molecule has 1 heteroatoms. The lowest BCUT2D eigenvalue weighted by Gasteiger charge is -2.39. The van der Waals surface area contributed by atoms with E-state index in [9.17, 15) is 4.79 Å². The number of ketones is 1. The molecule has 17 heavy (non-hydrogen) atoms. The Bertz CT molecular complexity index is 386. The fourth-order valence-electron chi connectivity index (χ4n) is 3.67. The zero-order valence-corrected chi connectivity index (χ0v) is 11.5. The van der Waals surface area contributed by atoms with E-state index in [-0.39, 0.29) is 0 Å². The van der Waals surface area contributed by atoms with Crippen LogP contribution in [-0.2, 0) is 4.79 Å². The summed E-state index contributed by atoms with van der Waals surface area (Å²) in [5.74, 6) is 1.48. The highest BCUT2D eigenvalue weighted by molar-refractivity contribution is 5.91. The van der Waals surface area contributed by atoms with Crippen LogP contribution in [0, 0.1) is 17.3 Å². The van der Waals surface area contributed by atoms with Crippen molar-refractivity contribution in [3.8, 4) is 0 Å². The van der Waals surface area contributed by atoms with Gasteiger partial charge in [0.15, 0.2) is 5.78 Å². The molecule has 0 aromatic rings. The van der Waals surface area contributed by atoms with Gasteiger partial charge in [-0.2, -0.15) is 0 Å². The van der Waals surface area contributed by atoms with E-state index in [0.29, 0.717) is 23.0 Å². The molecule has 0 heterocycles. The van der Waals surface area contributed by atoms with Crippen molar-refractivity contribution in [3.63, 3.8) is 0 Å². The van der Waals surface area contributed by atoms with E-state index in [2.05, 4.69) is 33.8 Å². The van der Waals surface area contributed by atoms with Crippen molar-refractivity contribution in [2.45, 2.75) is 53.4 Å². The minimum Gasteiger partial charge on any atom is -0.295 e. The molecule has 2 unspecified atom stereocenters. The molecule has 1 nitrogen and oxygen atoms in total. The molecule has 1 saturated carbocycles. The molecule has 0 aliphatic heterocycles. The molecular weight excluding hydrogens is 208 g/mol. The van der Waals surface area contributed by atoms with Crippen molar-refractivity contribution < 1.29 is 4.79 Å². The Labute approximate surface area is 105 Å². The highest BCUT2D eigenvalue weighted by Gasteiger charge is 2.44. The molecule has 0 aromatic heterocycles. The largest absolute Gasteiger partial charge is 0.295 e. The van der Waals surface area contributed by atoms with Gasteiger partial charge in [0.25, 0.3) is 0 Å². The molecule has 0 bridgehead atoms. The third-order valence-corrected chi connectivity index (χ3v) is 4.62. The van der Waals surface area contributed by atoms with Crippen LogP contribution in [0.4, 0.5) is 0 Å². The Kier molecular flexibility index (Phi) is 3.29. The third-order valence-electron chi connectivity index (χ3n) is 4.62. The van der Waals surface area contributed by atoms with Gasteiger partial charge >= 0.3 is 0 Å². The van der Waals surface area contributed by atoms with Gasteiger partial charge < -0.3 is 0 Å². The smallest absolute Gasteiger partial charge is 0.155 e. The zero-order chi connectivity index (χ0) is 12.6. The Hall–Kier alpha value is -0.850. The first kappa shape index (κ1) is 12.6. The molecule has 2 aliphatic carbocycles. The van der Waals surface area contributed by atoms with Crippen molar-refractivity contribution in [2.24, 2.45) is 17.3 Å². The van der Waals surface area contributed by atoms with Gasteiger partial charge in [0, 0.05) is 6.42 Å². The van der Waals surface area contributed by atoms with Gasteiger partial charge in [-0.1, -0.05) is 38.0 Å². The molecule has 2 rings (SSSR count). The normalized spacial score (nSPS) is 36.1. The second-order valence-corrected chi connectivity index (χ2v) is 6.30. The van der Waals surface area contributed by atoms with Crippen LogP contribution in [0.2, 0.25) is 0 Å². The van der Waals surface area contributed by atoms with Crippen LogP contribution in [0.3, 0.4) is 0 Å². The average molecular weight is 232 g/mol. The maximum Gasteiger partial charge on any atom is 0.155 e. The molecule has 0 aromatic carbocycles. The van der Waals surface area contributed by atoms with E-state index in [1.54, 1.807) is 5.57 Å². The van der Waals surface area contributed by atoms with Gasteiger partial charge in [0.05, 0.1) is 0 Å². The lowest BCUT2D eigenvalue weighted by atomic mass is 9.65. The van der Waals surface area contributed by atoms with E-state index >= 15 is 0 Å². The van der Waals surface area contributed by atoms with Crippen LogP contribution in [0.1, 0.15) is 53.4 Å². The van der Waals surface area contributed by atoms with E-state index in [1.165, 1.54) is 24.8 Å². The molecular formula is C16H24O. The van der Waals surface area contributed by atoms with Crippen molar-refractivity contribution in [3.05, 3.63) is 23.3 Å². The van der Waals surface area contributed by atoms with Crippen molar-refractivity contribution in [1.82, 2.24) is 0 Å². The first-order valence-corrected chi connectivity index (χ1v) is 6.85. The van der Waals surface area contributed by atoms with E-state index in [1.807, 2.05) is 6.08 Å². The second-order valence-electron chi connectivity index (χ2n) is 6.30. The molecule has 1 fully saturated rings. The second kappa shape index (κ2) is 4.44. The van der Waals surface area contributed by atoms with E-state index in [4.69, 9.17) is 0 Å². The molecule has 94 valence electrons. The number of hydrogen-bond acceptors (Lipinski definition) is 1. The number of rotatable bonds is 1. The number of hydrogen-bond donors (Lipinski definition) is 0. The van der Waals surface area contributed by atoms with Crippen LogP contribution >= 0.6 is 0 Å². The summed E-state index contributed by atoms with van der Waals surface area (Å²) in [4.78, 5) is 11.6. The SMILES string of the molecule is CC1=CC(=O)CC(C)C12CCC(=CC(C)C)C2. The Morgan fingerprint density at radius 3 is 2.76 bits per heavy atom. The van der Waals surface area contributed by atoms with Crippen molar-refractivity contribution in [2.75, 3.05) is 0 Å². The summed E-state index contributed by atoms with van der Waals surface area (Å²) in [7, 11) is 0. The van der Waals surface area contributed by atoms with Crippen LogP contribution in [0.5, 0.6) is 0 Å². The predicted molar refractivity (Wildman–Crippen MR) is 71.8 cm³/mol. The zero-order valence-electron chi connectivity index (χ0n) is 11.5.